The molecule has 1 saturated heterocycles. The Bertz CT molecular complexity index is 307. The molecule has 0 bridgehead atoms. The van der Waals surface area contributed by atoms with E-state index in [0.717, 1.165) is 18.1 Å². The van der Waals surface area contributed by atoms with Gasteiger partial charge in [0.1, 0.15) is 0 Å². The fourth-order valence-corrected chi connectivity index (χ4v) is 2.13. The Morgan fingerprint density at radius 3 is 3.33 bits per heavy atom. The summed E-state index contributed by atoms with van der Waals surface area (Å²) < 4.78 is 5.45. The molecule has 1 aromatic heterocycles. The maximum absolute atomic E-state index is 11.6. The van der Waals surface area contributed by atoms with Gasteiger partial charge in [0.05, 0.1) is 24.1 Å². The van der Waals surface area contributed by atoms with Crippen molar-refractivity contribution in [3.8, 4) is 0 Å². The molecule has 2 N–H and O–H groups in total. The van der Waals surface area contributed by atoms with Gasteiger partial charge in [-0.05, 0) is 17.5 Å². The molecule has 1 fully saturated rings. The summed E-state index contributed by atoms with van der Waals surface area (Å²) in [7, 11) is 0. The summed E-state index contributed by atoms with van der Waals surface area (Å²) in [5.41, 5.74) is 0. The largest absolute Gasteiger partial charge is 0.375 e. The number of carbonyl (C=O) groups is 1. The van der Waals surface area contributed by atoms with Crippen LogP contribution in [0.5, 0.6) is 0 Å². The van der Waals surface area contributed by atoms with Crippen LogP contribution in [0.1, 0.15) is 6.42 Å². The summed E-state index contributed by atoms with van der Waals surface area (Å²) >= 11 is 1.52. The normalized spacial score (nSPS) is 21.2. The van der Waals surface area contributed by atoms with Crippen LogP contribution in [0.2, 0.25) is 0 Å². The Morgan fingerprint density at radius 2 is 2.67 bits per heavy atom. The zero-order valence-corrected chi connectivity index (χ0v) is 9.18. The van der Waals surface area contributed by atoms with Crippen molar-refractivity contribution in [2.75, 3.05) is 25.0 Å². The second kappa shape index (κ2) is 5.25. The SMILES string of the molecule is O=C(CC1CNCCO1)Nc1cccs1. The minimum absolute atomic E-state index is 0.0127. The molecule has 1 amide bonds. The number of morpholine rings is 1. The zero-order valence-electron chi connectivity index (χ0n) is 8.36. The Hall–Kier alpha value is -0.910. The Balaban J connectivity index is 1.76. The van der Waals surface area contributed by atoms with Crippen LogP contribution >= 0.6 is 11.3 Å². The number of carbonyl (C=O) groups excluding carboxylic acids is 1. The number of amides is 1. The van der Waals surface area contributed by atoms with Crippen LogP contribution in [0.25, 0.3) is 0 Å². The van der Waals surface area contributed by atoms with Gasteiger partial charge in [-0.15, -0.1) is 11.3 Å². The third-order valence-electron chi connectivity index (χ3n) is 2.20. The Morgan fingerprint density at radius 1 is 1.73 bits per heavy atom. The molecule has 0 spiro atoms. The fourth-order valence-electron chi connectivity index (χ4n) is 1.50. The molecule has 0 saturated carbocycles. The van der Waals surface area contributed by atoms with E-state index in [0.29, 0.717) is 13.0 Å². The standard InChI is InChI=1S/C10H14N2O2S/c13-9(12-10-2-1-5-15-10)6-8-7-11-3-4-14-8/h1-2,5,8,11H,3-4,6-7H2,(H,12,13). The smallest absolute Gasteiger partial charge is 0.227 e. The third-order valence-corrected chi connectivity index (χ3v) is 2.99. The molecule has 1 aliphatic heterocycles. The first kappa shape index (κ1) is 10.6. The molecular weight excluding hydrogens is 212 g/mol. The number of nitrogens with one attached hydrogen (secondary N) is 2. The molecule has 1 unspecified atom stereocenters. The van der Waals surface area contributed by atoms with E-state index in [1.54, 1.807) is 0 Å². The molecule has 0 aliphatic carbocycles. The van der Waals surface area contributed by atoms with Crippen LogP contribution in [0, 0.1) is 0 Å². The Kier molecular flexibility index (Phi) is 3.71. The number of rotatable bonds is 3. The van der Waals surface area contributed by atoms with Gasteiger partial charge in [0, 0.05) is 13.1 Å². The monoisotopic (exact) mass is 226 g/mol. The summed E-state index contributed by atoms with van der Waals surface area (Å²) in [6, 6.07) is 3.81. The van der Waals surface area contributed by atoms with E-state index < -0.39 is 0 Å². The molecule has 1 aliphatic rings. The lowest BCUT2D eigenvalue weighted by molar-refractivity contribution is -0.119. The van der Waals surface area contributed by atoms with E-state index in [1.165, 1.54) is 11.3 Å². The Labute approximate surface area is 92.6 Å². The molecular formula is C10H14N2O2S. The van der Waals surface area contributed by atoms with Crippen molar-refractivity contribution in [1.82, 2.24) is 5.32 Å². The van der Waals surface area contributed by atoms with Crippen molar-refractivity contribution in [2.45, 2.75) is 12.5 Å². The number of hydrogen-bond acceptors (Lipinski definition) is 4. The third kappa shape index (κ3) is 3.30. The summed E-state index contributed by atoms with van der Waals surface area (Å²) in [6.07, 6.45) is 0.434. The second-order valence-corrected chi connectivity index (χ2v) is 4.37. The molecule has 1 aromatic rings. The summed E-state index contributed by atoms with van der Waals surface area (Å²) in [5.74, 6) is 0.0196. The first-order valence-electron chi connectivity index (χ1n) is 5.00. The predicted molar refractivity (Wildman–Crippen MR) is 60.2 cm³/mol. The van der Waals surface area contributed by atoms with Crippen LogP contribution in [-0.4, -0.2) is 31.7 Å². The van der Waals surface area contributed by atoms with Crippen LogP contribution in [0.4, 0.5) is 5.00 Å². The highest BCUT2D eigenvalue weighted by Crippen LogP contribution is 2.15. The summed E-state index contributed by atoms with van der Waals surface area (Å²) in [4.78, 5) is 11.6. The predicted octanol–water partition coefficient (Wildman–Crippen LogP) is 1.07. The number of hydrogen-bond donors (Lipinski definition) is 2. The number of ether oxygens (including phenoxy) is 1. The molecule has 82 valence electrons. The molecule has 4 nitrogen and oxygen atoms in total. The highest BCUT2D eigenvalue weighted by Gasteiger charge is 2.17. The van der Waals surface area contributed by atoms with E-state index in [1.807, 2.05) is 17.5 Å². The van der Waals surface area contributed by atoms with E-state index >= 15 is 0 Å². The maximum Gasteiger partial charge on any atom is 0.227 e. The van der Waals surface area contributed by atoms with Crippen molar-refractivity contribution in [1.29, 1.82) is 0 Å². The topological polar surface area (TPSA) is 50.4 Å². The van der Waals surface area contributed by atoms with Gasteiger partial charge in [0.15, 0.2) is 0 Å². The minimum Gasteiger partial charge on any atom is -0.375 e. The lowest BCUT2D eigenvalue weighted by atomic mass is 10.2. The van der Waals surface area contributed by atoms with Crippen LogP contribution < -0.4 is 10.6 Å². The van der Waals surface area contributed by atoms with Crippen molar-refractivity contribution in [3.63, 3.8) is 0 Å². The molecule has 1 atom stereocenters. The van der Waals surface area contributed by atoms with Gasteiger partial charge >= 0.3 is 0 Å². The second-order valence-electron chi connectivity index (χ2n) is 3.43. The van der Waals surface area contributed by atoms with Gasteiger partial charge in [0.25, 0.3) is 0 Å². The lowest BCUT2D eigenvalue weighted by Gasteiger charge is -2.22. The van der Waals surface area contributed by atoms with Gasteiger partial charge in [-0.3, -0.25) is 4.79 Å². The van der Waals surface area contributed by atoms with Crippen molar-refractivity contribution >= 4 is 22.2 Å². The first-order valence-corrected chi connectivity index (χ1v) is 5.88. The molecule has 5 heteroatoms. The highest BCUT2D eigenvalue weighted by atomic mass is 32.1. The lowest BCUT2D eigenvalue weighted by Crippen LogP contribution is -2.40. The first-order chi connectivity index (χ1) is 7.34. The average molecular weight is 226 g/mol. The minimum atomic E-state index is 0.0127. The van der Waals surface area contributed by atoms with Crippen LogP contribution in [-0.2, 0) is 9.53 Å². The summed E-state index contributed by atoms with van der Waals surface area (Å²) in [5, 5.41) is 8.87. The van der Waals surface area contributed by atoms with Gasteiger partial charge in [0.2, 0.25) is 5.91 Å². The zero-order chi connectivity index (χ0) is 10.5. The summed E-state index contributed by atoms with van der Waals surface area (Å²) in [6.45, 7) is 2.33. The molecule has 15 heavy (non-hydrogen) atoms. The van der Waals surface area contributed by atoms with Crippen molar-refractivity contribution in [2.24, 2.45) is 0 Å². The van der Waals surface area contributed by atoms with Gasteiger partial charge in [-0.25, -0.2) is 0 Å². The quantitative estimate of drug-likeness (QED) is 0.810. The van der Waals surface area contributed by atoms with Crippen LogP contribution in [0.3, 0.4) is 0 Å². The molecule has 2 rings (SSSR count). The molecule has 0 radical (unpaired) electrons. The average Bonchev–Trinajstić information content (AvgIpc) is 2.71. The van der Waals surface area contributed by atoms with Gasteiger partial charge in [-0.1, -0.05) is 0 Å². The van der Waals surface area contributed by atoms with E-state index in [9.17, 15) is 4.79 Å². The number of thiophene rings is 1. The van der Waals surface area contributed by atoms with Crippen molar-refractivity contribution in [3.05, 3.63) is 17.5 Å². The highest BCUT2D eigenvalue weighted by molar-refractivity contribution is 7.14. The fraction of sp³-hybridized carbons (Fsp3) is 0.500. The molecule has 2 heterocycles. The van der Waals surface area contributed by atoms with E-state index in [-0.39, 0.29) is 12.0 Å². The number of anilines is 1. The molecule has 0 aromatic carbocycles. The van der Waals surface area contributed by atoms with Gasteiger partial charge in [-0.2, -0.15) is 0 Å². The van der Waals surface area contributed by atoms with E-state index in [2.05, 4.69) is 10.6 Å². The van der Waals surface area contributed by atoms with Crippen LogP contribution in [0.15, 0.2) is 17.5 Å². The maximum atomic E-state index is 11.6. The van der Waals surface area contributed by atoms with E-state index in [4.69, 9.17) is 4.74 Å². The van der Waals surface area contributed by atoms with Gasteiger partial charge < -0.3 is 15.4 Å². The van der Waals surface area contributed by atoms with Crippen molar-refractivity contribution < 1.29 is 9.53 Å².